The lowest BCUT2D eigenvalue weighted by atomic mass is 9.85. The predicted molar refractivity (Wildman–Crippen MR) is 134 cm³/mol. The molecular weight excluding hydrogens is 524 g/mol. The Kier molecular flexibility index (Phi) is 7.71. The molecule has 0 spiro atoms. The lowest BCUT2D eigenvalue weighted by Crippen LogP contribution is -2.50. The van der Waals surface area contributed by atoms with Crippen LogP contribution >= 0.6 is 0 Å². The number of likely N-dealkylation sites (tertiary alicyclic amines) is 1. The lowest BCUT2D eigenvalue weighted by molar-refractivity contribution is -0.0869. The van der Waals surface area contributed by atoms with Crippen LogP contribution in [-0.4, -0.2) is 76.4 Å². The van der Waals surface area contributed by atoms with E-state index in [0.717, 1.165) is 12.1 Å². The van der Waals surface area contributed by atoms with E-state index in [-0.39, 0.29) is 23.6 Å². The fourth-order valence-corrected chi connectivity index (χ4v) is 5.99. The smallest absolute Gasteiger partial charge is 0.283 e. The van der Waals surface area contributed by atoms with E-state index in [1.54, 1.807) is 13.0 Å². The van der Waals surface area contributed by atoms with E-state index in [1.807, 2.05) is 4.90 Å². The summed E-state index contributed by atoms with van der Waals surface area (Å²) >= 11 is 0. The molecule has 0 bridgehead atoms. The highest BCUT2D eigenvalue weighted by molar-refractivity contribution is 5.85. The molecule has 1 saturated heterocycles. The van der Waals surface area contributed by atoms with Crippen LogP contribution in [0.4, 0.5) is 26.3 Å². The van der Waals surface area contributed by atoms with Gasteiger partial charge in [0, 0.05) is 53.8 Å². The molecule has 0 aliphatic carbocycles. The van der Waals surface area contributed by atoms with E-state index >= 15 is 8.78 Å². The van der Waals surface area contributed by atoms with Gasteiger partial charge in [-0.1, -0.05) is 0 Å². The Morgan fingerprint density at radius 1 is 1.10 bits per heavy atom. The Hall–Kier alpha value is -2.60. The highest BCUT2D eigenvalue weighted by Crippen LogP contribution is 2.44. The average Bonchev–Trinajstić information content (AvgIpc) is 3.20. The van der Waals surface area contributed by atoms with Crippen molar-refractivity contribution in [2.24, 2.45) is 5.92 Å². The fourth-order valence-electron chi connectivity index (χ4n) is 5.99. The molecule has 3 heterocycles. The molecule has 212 valence electrons. The topological polar surface area (TPSA) is 62.7 Å². The summed E-state index contributed by atoms with van der Waals surface area (Å²) in [5.74, 6) is -6.36. The minimum atomic E-state index is -3.54. The molecule has 2 aliphatic heterocycles. The van der Waals surface area contributed by atoms with Crippen molar-refractivity contribution in [3.8, 4) is 0 Å². The number of aliphatic hydroxyl groups excluding tert-OH is 2. The molecule has 1 fully saturated rings. The highest BCUT2D eigenvalue weighted by atomic mass is 19.3. The Morgan fingerprint density at radius 2 is 1.79 bits per heavy atom. The van der Waals surface area contributed by atoms with Crippen LogP contribution in [0.3, 0.4) is 0 Å². The fraction of sp³-hybridized carbons (Fsp3) is 0.500. The van der Waals surface area contributed by atoms with Crippen LogP contribution in [0, 0.1) is 23.4 Å². The van der Waals surface area contributed by atoms with Gasteiger partial charge in [0.2, 0.25) is 0 Å². The number of hydrogen-bond acceptors (Lipinski definition) is 4. The molecule has 3 atom stereocenters. The van der Waals surface area contributed by atoms with E-state index in [0.29, 0.717) is 42.5 Å². The Labute approximate surface area is 222 Å². The normalized spacial score (nSPS) is 21.8. The predicted octanol–water partition coefficient (Wildman–Crippen LogP) is 4.87. The first-order valence-electron chi connectivity index (χ1n) is 13.0. The molecule has 2 aliphatic rings. The van der Waals surface area contributed by atoms with Crippen molar-refractivity contribution in [3.05, 3.63) is 70.2 Å². The van der Waals surface area contributed by atoms with E-state index in [1.165, 1.54) is 17.0 Å². The quantitative estimate of drug-likeness (QED) is 0.330. The molecule has 39 heavy (non-hydrogen) atoms. The first-order valence-corrected chi connectivity index (χ1v) is 13.0. The van der Waals surface area contributed by atoms with Gasteiger partial charge in [0.25, 0.3) is 5.92 Å². The number of halogens is 6. The Balaban J connectivity index is 1.54. The number of nitrogens with one attached hydrogen (secondary N) is 1. The zero-order valence-electron chi connectivity index (χ0n) is 21.4. The molecule has 2 aromatic carbocycles. The lowest BCUT2D eigenvalue weighted by Gasteiger charge is -2.43. The third-order valence-corrected chi connectivity index (χ3v) is 7.97. The van der Waals surface area contributed by atoms with E-state index in [9.17, 15) is 27.8 Å². The summed E-state index contributed by atoms with van der Waals surface area (Å²) in [6.07, 6.45) is -0.523. The molecule has 0 amide bonds. The number of H-pyrrole nitrogens is 1. The minimum absolute atomic E-state index is 0.0268. The maximum Gasteiger partial charge on any atom is 0.283 e. The SMILES string of the molecule is C[C@@H]1Cc2c([nH]c3cc(F)ccc23)[C@@H](c2c(F)cc([C@@H](O)C3CN(CCCF)C3)cc2F)N1CC(F)(F)CO. The molecule has 5 rings (SSSR count). The number of hydrogen-bond donors (Lipinski definition) is 3. The zero-order valence-corrected chi connectivity index (χ0v) is 21.4. The number of rotatable bonds is 9. The Bertz CT molecular complexity index is 1320. The largest absolute Gasteiger partial charge is 0.390 e. The minimum Gasteiger partial charge on any atom is -0.390 e. The summed E-state index contributed by atoms with van der Waals surface area (Å²) in [4.78, 5) is 6.19. The zero-order chi connectivity index (χ0) is 28.1. The van der Waals surface area contributed by atoms with Gasteiger partial charge in [-0.2, -0.15) is 0 Å². The van der Waals surface area contributed by atoms with Crippen molar-refractivity contribution < 1.29 is 36.6 Å². The van der Waals surface area contributed by atoms with Gasteiger partial charge < -0.3 is 20.1 Å². The average molecular weight is 556 g/mol. The number of aliphatic hydroxyl groups is 2. The number of benzene rings is 2. The molecule has 0 radical (unpaired) electrons. The maximum atomic E-state index is 15.8. The standard InChI is InChI=1S/C28H31F6N3O2/c1-15-7-20-19-4-3-18(30)10-23(19)35-25(20)26(37(15)13-28(33,34)14-38)24-21(31)8-16(9-22(24)32)27(39)17-11-36(12-17)6-2-5-29/h3-4,8-10,15,17,26-27,35,38-39H,2,5-7,11-14H2,1H3/t15-,26-,27-/m1/s1. The van der Waals surface area contributed by atoms with Gasteiger partial charge in [-0.25, -0.2) is 22.0 Å². The summed E-state index contributed by atoms with van der Waals surface area (Å²) in [5.41, 5.74) is 0.854. The first-order chi connectivity index (χ1) is 18.5. The molecule has 3 N–H and O–H groups in total. The van der Waals surface area contributed by atoms with Crippen LogP contribution < -0.4 is 0 Å². The van der Waals surface area contributed by atoms with Crippen LogP contribution in [-0.2, 0) is 6.42 Å². The van der Waals surface area contributed by atoms with Gasteiger partial charge >= 0.3 is 0 Å². The monoisotopic (exact) mass is 555 g/mol. The van der Waals surface area contributed by atoms with Crippen molar-refractivity contribution in [1.82, 2.24) is 14.8 Å². The maximum absolute atomic E-state index is 15.8. The van der Waals surface area contributed by atoms with Crippen molar-refractivity contribution >= 4 is 10.9 Å². The Morgan fingerprint density at radius 3 is 2.44 bits per heavy atom. The van der Waals surface area contributed by atoms with Gasteiger partial charge in [-0.05, 0) is 61.2 Å². The second-order valence-electron chi connectivity index (χ2n) is 10.8. The number of aromatic amines is 1. The van der Waals surface area contributed by atoms with Crippen molar-refractivity contribution in [2.75, 3.05) is 39.5 Å². The van der Waals surface area contributed by atoms with Crippen LogP contribution in [0.1, 0.15) is 47.9 Å². The first kappa shape index (κ1) is 27.9. The molecule has 1 aromatic heterocycles. The van der Waals surface area contributed by atoms with Crippen molar-refractivity contribution in [2.45, 2.75) is 43.9 Å². The van der Waals surface area contributed by atoms with Gasteiger partial charge in [-0.15, -0.1) is 0 Å². The number of alkyl halides is 3. The summed E-state index contributed by atoms with van der Waals surface area (Å²) in [6.45, 7) is 0.273. The van der Waals surface area contributed by atoms with Gasteiger partial charge in [0.1, 0.15) is 24.1 Å². The van der Waals surface area contributed by atoms with Crippen LogP contribution in [0.5, 0.6) is 0 Å². The third-order valence-electron chi connectivity index (χ3n) is 7.97. The number of nitrogens with zero attached hydrogens (tertiary/aromatic N) is 2. The van der Waals surface area contributed by atoms with Crippen LogP contribution in [0.15, 0.2) is 30.3 Å². The molecule has 3 aromatic rings. The second-order valence-corrected chi connectivity index (χ2v) is 10.8. The van der Waals surface area contributed by atoms with Crippen LogP contribution in [0.2, 0.25) is 0 Å². The number of fused-ring (bicyclic) bond motifs is 3. The van der Waals surface area contributed by atoms with Crippen molar-refractivity contribution in [3.63, 3.8) is 0 Å². The summed E-state index contributed by atoms with van der Waals surface area (Å²) < 4.78 is 86.8. The molecular formula is C28H31F6N3O2. The van der Waals surface area contributed by atoms with E-state index in [4.69, 9.17) is 0 Å². The van der Waals surface area contributed by atoms with Gasteiger partial charge in [0.15, 0.2) is 0 Å². The van der Waals surface area contributed by atoms with E-state index in [2.05, 4.69) is 4.98 Å². The summed E-state index contributed by atoms with van der Waals surface area (Å²) in [5, 5.41) is 20.6. The van der Waals surface area contributed by atoms with Crippen molar-refractivity contribution in [1.29, 1.82) is 0 Å². The molecule has 5 nitrogen and oxygen atoms in total. The summed E-state index contributed by atoms with van der Waals surface area (Å²) in [6, 6.07) is 4.18. The summed E-state index contributed by atoms with van der Waals surface area (Å²) in [7, 11) is 0. The highest BCUT2D eigenvalue weighted by Gasteiger charge is 2.44. The third kappa shape index (κ3) is 5.29. The molecule has 0 unspecified atom stereocenters. The molecule has 0 saturated carbocycles. The van der Waals surface area contributed by atoms with Gasteiger partial charge in [0.05, 0.1) is 25.4 Å². The van der Waals surface area contributed by atoms with E-state index < -0.39 is 67.0 Å². The number of aromatic nitrogens is 1. The van der Waals surface area contributed by atoms with Gasteiger partial charge in [-0.3, -0.25) is 9.29 Å². The second kappa shape index (κ2) is 10.8. The van der Waals surface area contributed by atoms with Crippen LogP contribution in [0.25, 0.3) is 10.9 Å². The molecule has 11 heteroatoms.